The Bertz CT molecular complexity index is 955. The predicted molar refractivity (Wildman–Crippen MR) is 96.7 cm³/mol. The number of phenols is 1. The molecule has 1 amide bonds. The van der Waals surface area contributed by atoms with Crippen LogP contribution in [0.2, 0.25) is 0 Å². The van der Waals surface area contributed by atoms with Crippen molar-refractivity contribution in [1.29, 1.82) is 0 Å². The van der Waals surface area contributed by atoms with Crippen LogP contribution in [0.4, 0.5) is 5.69 Å². The topological polar surface area (TPSA) is 151 Å². The van der Waals surface area contributed by atoms with Crippen molar-refractivity contribution in [2.75, 3.05) is 0 Å². The van der Waals surface area contributed by atoms with Crippen LogP contribution in [0.25, 0.3) is 0 Å². The van der Waals surface area contributed by atoms with E-state index in [1.807, 2.05) is 0 Å². The van der Waals surface area contributed by atoms with Crippen molar-refractivity contribution in [3.63, 3.8) is 0 Å². The van der Waals surface area contributed by atoms with E-state index in [4.69, 9.17) is 0 Å². The largest absolute Gasteiger partial charge is 0.508 e. The van der Waals surface area contributed by atoms with Crippen LogP contribution in [0, 0.1) is 10.1 Å². The summed E-state index contributed by atoms with van der Waals surface area (Å²) in [6.45, 7) is 1.33. The quantitative estimate of drug-likeness (QED) is 0.365. The number of carbonyl (C=O) groups excluding carboxylic acids is 1. The van der Waals surface area contributed by atoms with Gasteiger partial charge in [-0.25, -0.2) is 13.8 Å². The molecule has 142 valence electrons. The van der Waals surface area contributed by atoms with Gasteiger partial charge in [0, 0.05) is 12.1 Å². The summed E-state index contributed by atoms with van der Waals surface area (Å²) in [6, 6.07) is 9.18. The fourth-order valence-electron chi connectivity index (χ4n) is 1.93. The number of non-ortho nitro benzene ring substituents is 1. The summed E-state index contributed by atoms with van der Waals surface area (Å²) in [7, 11) is -4.04. The maximum absolute atomic E-state index is 12.2. The minimum atomic E-state index is -4.04. The highest BCUT2D eigenvalue weighted by molar-refractivity contribution is 7.89. The molecule has 0 fully saturated rings. The molecule has 0 saturated carbocycles. The number of hydrogen-bond donors (Lipinski definition) is 3. The van der Waals surface area contributed by atoms with Crippen LogP contribution >= 0.6 is 0 Å². The molecule has 27 heavy (non-hydrogen) atoms. The number of aromatic hydroxyl groups is 1. The first kappa shape index (κ1) is 20.0. The highest BCUT2D eigenvalue weighted by Gasteiger charge is 2.22. The Kier molecular flexibility index (Phi) is 6.21. The zero-order valence-electron chi connectivity index (χ0n) is 14.1. The van der Waals surface area contributed by atoms with Crippen LogP contribution < -0.4 is 10.1 Å². The number of hydrazone groups is 1. The summed E-state index contributed by atoms with van der Waals surface area (Å²) in [5.74, 6) is -0.610. The Labute approximate surface area is 154 Å². The Morgan fingerprint density at radius 1 is 1.19 bits per heavy atom. The Morgan fingerprint density at radius 2 is 1.78 bits per heavy atom. The number of nitro groups is 1. The summed E-state index contributed by atoms with van der Waals surface area (Å²) < 4.78 is 26.6. The van der Waals surface area contributed by atoms with Crippen molar-refractivity contribution in [2.45, 2.75) is 17.9 Å². The van der Waals surface area contributed by atoms with Gasteiger partial charge in [-0.2, -0.15) is 9.82 Å². The highest BCUT2D eigenvalue weighted by Crippen LogP contribution is 2.16. The number of nitrogens with one attached hydrogen (secondary N) is 2. The van der Waals surface area contributed by atoms with Gasteiger partial charge in [0.15, 0.2) is 0 Å². The zero-order valence-corrected chi connectivity index (χ0v) is 14.9. The molecule has 2 aromatic rings. The number of phenolic OH excluding ortho intramolecular Hbond substituents is 1. The maximum Gasteiger partial charge on any atom is 0.269 e. The normalized spacial score (nSPS) is 12.6. The monoisotopic (exact) mass is 392 g/mol. The second-order valence-electron chi connectivity index (χ2n) is 5.42. The number of carbonyl (C=O) groups is 1. The molecular weight excluding hydrogens is 376 g/mol. The summed E-state index contributed by atoms with van der Waals surface area (Å²) >= 11 is 0. The first-order valence-corrected chi connectivity index (χ1v) is 9.06. The number of rotatable bonds is 7. The third-order valence-corrected chi connectivity index (χ3v) is 4.92. The molecule has 0 aliphatic carbocycles. The molecule has 2 rings (SSSR count). The molecule has 0 saturated heterocycles. The molecule has 1 unspecified atom stereocenters. The molecule has 0 spiro atoms. The van der Waals surface area contributed by atoms with Crippen molar-refractivity contribution < 1.29 is 23.2 Å². The van der Waals surface area contributed by atoms with Crippen LogP contribution in [0.5, 0.6) is 5.75 Å². The van der Waals surface area contributed by atoms with Crippen LogP contribution in [0.15, 0.2) is 58.5 Å². The van der Waals surface area contributed by atoms with E-state index in [0.717, 1.165) is 24.3 Å². The lowest BCUT2D eigenvalue weighted by Gasteiger charge is -2.12. The Hall–Kier alpha value is -3.31. The van der Waals surface area contributed by atoms with E-state index in [-0.39, 0.29) is 16.3 Å². The van der Waals surface area contributed by atoms with Gasteiger partial charge in [0.25, 0.3) is 11.6 Å². The van der Waals surface area contributed by atoms with E-state index in [1.54, 1.807) is 12.1 Å². The molecule has 0 bridgehead atoms. The maximum atomic E-state index is 12.2. The van der Waals surface area contributed by atoms with Crippen LogP contribution in [0.1, 0.15) is 12.5 Å². The first-order valence-electron chi connectivity index (χ1n) is 7.58. The van der Waals surface area contributed by atoms with Crippen molar-refractivity contribution in [3.8, 4) is 5.75 Å². The van der Waals surface area contributed by atoms with Gasteiger partial charge in [-0.1, -0.05) is 0 Å². The molecule has 2 aromatic carbocycles. The number of nitro benzene ring substituents is 1. The van der Waals surface area contributed by atoms with E-state index in [2.05, 4.69) is 15.2 Å². The summed E-state index contributed by atoms with van der Waals surface area (Å²) in [6.07, 6.45) is 1.33. The Balaban J connectivity index is 1.97. The average Bonchev–Trinajstić information content (AvgIpc) is 2.63. The third-order valence-electron chi connectivity index (χ3n) is 3.36. The molecule has 0 aromatic heterocycles. The second-order valence-corrected chi connectivity index (χ2v) is 7.13. The molecule has 10 nitrogen and oxygen atoms in total. The number of hydrogen-bond acceptors (Lipinski definition) is 7. The molecule has 0 aliphatic heterocycles. The molecule has 3 N–H and O–H groups in total. The number of benzene rings is 2. The third kappa shape index (κ3) is 5.59. The minimum absolute atomic E-state index is 0.0884. The number of amides is 1. The lowest BCUT2D eigenvalue weighted by atomic mass is 10.2. The number of nitrogens with zero attached hydrogens (tertiary/aromatic N) is 2. The number of sulfonamides is 1. The lowest BCUT2D eigenvalue weighted by Crippen LogP contribution is -2.43. The molecule has 0 aliphatic rings. The first-order chi connectivity index (χ1) is 12.7. The van der Waals surface area contributed by atoms with Gasteiger partial charge in [0.05, 0.1) is 22.1 Å². The van der Waals surface area contributed by atoms with Gasteiger partial charge >= 0.3 is 0 Å². The van der Waals surface area contributed by atoms with Gasteiger partial charge in [-0.3, -0.25) is 14.9 Å². The van der Waals surface area contributed by atoms with Crippen molar-refractivity contribution >= 4 is 27.8 Å². The zero-order chi connectivity index (χ0) is 20.0. The lowest BCUT2D eigenvalue weighted by molar-refractivity contribution is -0.384. The van der Waals surface area contributed by atoms with Gasteiger partial charge in [-0.05, 0) is 48.9 Å². The fourth-order valence-corrected chi connectivity index (χ4v) is 3.13. The average molecular weight is 392 g/mol. The van der Waals surface area contributed by atoms with Gasteiger partial charge in [-0.15, -0.1) is 0 Å². The van der Waals surface area contributed by atoms with E-state index in [0.29, 0.717) is 5.56 Å². The molecule has 0 radical (unpaired) electrons. The van der Waals surface area contributed by atoms with E-state index >= 15 is 0 Å². The molecule has 11 heteroatoms. The summed E-state index contributed by atoms with van der Waals surface area (Å²) in [4.78, 5) is 21.7. The van der Waals surface area contributed by atoms with Crippen LogP contribution in [-0.2, 0) is 14.8 Å². The van der Waals surface area contributed by atoms with Crippen LogP contribution in [0.3, 0.4) is 0 Å². The van der Waals surface area contributed by atoms with Gasteiger partial charge < -0.3 is 5.11 Å². The SMILES string of the molecule is CC(NS(=O)(=O)c1ccc([N+](=O)[O-])cc1)C(=O)NN=Cc1ccc(O)cc1. The van der Waals surface area contributed by atoms with Gasteiger partial charge in [0.2, 0.25) is 10.0 Å². The molecule has 0 heterocycles. The smallest absolute Gasteiger partial charge is 0.269 e. The Morgan fingerprint density at radius 3 is 2.33 bits per heavy atom. The standard InChI is InChI=1S/C16H16N4O6S/c1-11(16(22)18-17-10-12-2-6-14(21)7-3-12)19-27(25,26)15-8-4-13(5-9-15)20(23)24/h2-11,19,21H,1H3,(H,18,22). The summed E-state index contributed by atoms with van der Waals surface area (Å²) in [5.41, 5.74) is 2.57. The second kappa shape index (κ2) is 8.38. The minimum Gasteiger partial charge on any atom is -0.508 e. The highest BCUT2D eigenvalue weighted by atomic mass is 32.2. The predicted octanol–water partition coefficient (Wildman–Crippen LogP) is 1.12. The van der Waals surface area contributed by atoms with Crippen molar-refractivity contribution in [1.82, 2.24) is 10.1 Å². The molecular formula is C16H16N4O6S. The van der Waals surface area contributed by atoms with Gasteiger partial charge in [0.1, 0.15) is 5.75 Å². The van der Waals surface area contributed by atoms with Crippen molar-refractivity contribution in [2.24, 2.45) is 5.10 Å². The fraction of sp³-hybridized carbons (Fsp3) is 0.125. The van der Waals surface area contributed by atoms with E-state index < -0.39 is 26.9 Å². The molecule has 1 atom stereocenters. The van der Waals surface area contributed by atoms with Crippen LogP contribution in [-0.4, -0.2) is 36.6 Å². The summed E-state index contributed by atoms with van der Waals surface area (Å²) in [5, 5.41) is 23.5. The van der Waals surface area contributed by atoms with Crippen molar-refractivity contribution in [3.05, 3.63) is 64.2 Å². The van der Waals surface area contributed by atoms with E-state index in [1.165, 1.54) is 25.3 Å². The van der Waals surface area contributed by atoms with E-state index in [9.17, 15) is 28.4 Å².